The molecule has 0 fully saturated rings. The smallest absolute Gasteiger partial charge is 0.293 e. The van der Waals surface area contributed by atoms with Gasteiger partial charge in [0.25, 0.3) is 5.69 Å². The second-order valence-corrected chi connectivity index (χ2v) is 5.25. The number of halogens is 1. The number of hydrogen-bond donors (Lipinski definition) is 2. The summed E-state index contributed by atoms with van der Waals surface area (Å²) in [5.41, 5.74) is 4.90. The molecule has 98 valence electrons. The van der Waals surface area contributed by atoms with Gasteiger partial charge in [-0.3, -0.25) is 15.5 Å². The van der Waals surface area contributed by atoms with Gasteiger partial charge in [-0.15, -0.1) is 11.6 Å². The highest BCUT2D eigenvalue weighted by molar-refractivity contribution is 8.14. The maximum absolute atomic E-state index is 11.1. The lowest BCUT2D eigenvalue weighted by Crippen LogP contribution is -1.94. The lowest BCUT2D eigenvalue weighted by atomic mass is 10.1. The lowest BCUT2D eigenvalue weighted by Gasteiger charge is -1.98. The van der Waals surface area contributed by atoms with Crippen LogP contribution in [0.15, 0.2) is 23.3 Å². The molecule has 0 atom stereocenters. The van der Waals surface area contributed by atoms with E-state index in [1.54, 1.807) is 11.8 Å². The van der Waals surface area contributed by atoms with Crippen molar-refractivity contribution in [2.45, 2.75) is 5.88 Å². The minimum atomic E-state index is -0.402. The highest BCUT2D eigenvalue weighted by atomic mass is 35.5. The summed E-state index contributed by atoms with van der Waals surface area (Å²) in [6, 6.07) is 5.21. The number of nitro benzene ring substituents is 1. The summed E-state index contributed by atoms with van der Waals surface area (Å²) < 4.78 is 0. The Morgan fingerprint density at radius 2 is 2.32 bits per heavy atom. The molecule has 2 aromatic rings. The third kappa shape index (κ3) is 2.15. The summed E-state index contributed by atoms with van der Waals surface area (Å²) in [6.07, 6.45) is 0. The maximum Gasteiger partial charge on any atom is 0.293 e. The molecule has 0 radical (unpaired) electrons. The molecule has 2 N–H and O–H groups in total. The van der Waals surface area contributed by atoms with E-state index in [1.807, 2.05) is 12.1 Å². The van der Waals surface area contributed by atoms with Crippen LogP contribution >= 0.6 is 23.4 Å². The minimum absolute atomic E-state index is 0.0379. The van der Waals surface area contributed by atoms with Crippen molar-refractivity contribution in [3.63, 3.8) is 0 Å². The van der Waals surface area contributed by atoms with Crippen LogP contribution in [0, 0.1) is 10.1 Å². The Morgan fingerprint density at radius 1 is 1.47 bits per heavy atom. The van der Waals surface area contributed by atoms with Gasteiger partial charge >= 0.3 is 0 Å². The molecule has 3 rings (SSSR count). The van der Waals surface area contributed by atoms with Crippen molar-refractivity contribution < 1.29 is 4.92 Å². The van der Waals surface area contributed by atoms with E-state index in [0.29, 0.717) is 11.4 Å². The van der Waals surface area contributed by atoms with Gasteiger partial charge in [0.15, 0.2) is 0 Å². The fourth-order valence-electron chi connectivity index (χ4n) is 2.00. The molecule has 6 nitrogen and oxygen atoms in total. The second-order valence-electron chi connectivity index (χ2n) is 4.02. The predicted octanol–water partition coefficient (Wildman–Crippen LogP) is 2.77. The summed E-state index contributed by atoms with van der Waals surface area (Å²) in [7, 11) is 0. The van der Waals surface area contributed by atoms with E-state index in [9.17, 15) is 10.1 Å². The van der Waals surface area contributed by atoms with Gasteiger partial charge in [-0.25, -0.2) is 0 Å². The molecule has 0 bridgehead atoms. The topological polar surface area (TPSA) is 83.3 Å². The number of aromatic amines is 1. The number of nitrogens with zero attached hydrogens (tertiary/aromatic N) is 2. The molecule has 8 heteroatoms. The monoisotopic (exact) mass is 296 g/mol. The van der Waals surface area contributed by atoms with Crippen LogP contribution in [0.5, 0.6) is 0 Å². The summed E-state index contributed by atoms with van der Waals surface area (Å²) in [5, 5.41) is 16.8. The Labute approximate surface area is 117 Å². The van der Waals surface area contributed by atoms with Crippen LogP contribution in [-0.2, 0) is 5.88 Å². The summed E-state index contributed by atoms with van der Waals surface area (Å²) in [6.45, 7) is 0. The van der Waals surface area contributed by atoms with Crippen molar-refractivity contribution in [1.82, 2.24) is 10.4 Å². The van der Waals surface area contributed by atoms with E-state index < -0.39 is 4.92 Å². The van der Waals surface area contributed by atoms with E-state index >= 15 is 0 Å². The highest BCUT2D eigenvalue weighted by Gasteiger charge is 2.19. The molecule has 1 aromatic heterocycles. The molecule has 0 saturated carbocycles. The molecule has 0 saturated heterocycles. The first-order chi connectivity index (χ1) is 9.19. The number of non-ortho nitro benzene ring substituents is 1. The van der Waals surface area contributed by atoms with Gasteiger partial charge in [-0.2, -0.15) is 5.10 Å². The molecular weight excluding hydrogens is 288 g/mol. The van der Waals surface area contributed by atoms with Crippen molar-refractivity contribution >= 4 is 45.0 Å². The zero-order chi connectivity index (χ0) is 13.4. The third-order valence-electron chi connectivity index (χ3n) is 2.80. The van der Waals surface area contributed by atoms with Crippen molar-refractivity contribution in [2.75, 3.05) is 5.88 Å². The quantitative estimate of drug-likeness (QED) is 0.518. The molecule has 0 unspecified atom stereocenters. The highest BCUT2D eigenvalue weighted by Crippen LogP contribution is 2.30. The van der Waals surface area contributed by atoms with Crippen LogP contribution in [0.1, 0.15) is 11.3 Å². The number of alkyl halides is 1. The normalized spacial score (nSPS) is 14.5. The van der Waals surface area contributed by atoms with Crippen LogP contribution in [0.2, 0.25) is 0 Å². The van der Waals surface area contributed by atoms with Gasteiger partial charge in [-0.05, 0) is 17.7 Å². The number of hydrazone groups is 1. The Kier molecular flexibility index (Phi) is 3.08. The Bertz CT molecular complexity index is 697. The number of hydrogen-bond acceptors (Lipinski definition) is 5. The van der Waals surface area contributed by atoms with Gasteiger partial charge in [0.2, 0.25) is 0 Å². The van der Waals surface area contributed by atoms with Crippen molar-refractivity contribution in [1.29, 1.82) is 0 Å². The largest absolute Gasteiger partial charge is 0.347 e. The fourth-order valence-corrected chi connectivity index (χ4v) is 2.81. The molecule has 1 aliphatic heterocycles. The van der Waals surface area contributed by atoms with E-state index in [2.05, 4.69) is 15.5 Å². The molecule has 2 heterocycles. The first kappa shape index (κ1) is 12.3. The van der Waals surface area contributed by atoms with Crippen LogP contribution in [-0.4, -0.2) is 20.8 Å². The van der Waals surface area contributed by atoms with E-state index in [-0.39, 0.29) is 11.6 Å². The van der Waals surface area contributed by atoms with Crippen molar-refractivity contribution in [2.24, 2.45) is 5.10 Å². The number of nitro groups is 1. The zero-order valence-electron chi connectivity index (χ0n) is 9.64. The summed E-state index contributed by atoms with van der Waals surface area (Å²) in [5.74, 6) is 0.953. The lowest BCUT2D eigenvalue weighted by molar-refractivity contribution is -0.383. The fraction of sp³-hybridized carbons (Fsp3) is 0.182. The number of H-pyrrole nitrogens is 1. The number of nitrogens with one attached hydrogen (secondary N) is 2. The van der Waals surface area contributed by atoms with Gasteiger partial charge < -0.3 is 4.98 Å². The van der Waals surface area contributed by atoms with E-state index in [0.717, 1.165) is 21.7 Å². The van der Waals surface area contributed by atoms with Gasteiger partial charge in [-0.1, -0.05) is 11.8 Å². The molecule has 1 aromatic carbocycles. The number of benzene rings is 1. The standard InChI is InChI=1S/C11H9ClN4O2S/c12-4-6-1-7-3-8(11-15-13-5-19-11)14-10(7)9(2-6)16(17)18/h1-3,13-14H,4-5H2. The molecule has 0 spiro atoms. The van der Waals surface area contributed by atoms with Crippen molar-refractivity contribution in [3.8, 4) is 0 Å². The van der Waals surface area contributed by atoms with E-state index in [1.165, 1.54) is 6.07 Å². The van der Waals surface area contributed by atoms with Crippen LogP contribution in [0.4, 0.5) is 5.69 Å². The average Bonchev–Trinajstić information content (AvgIpc) is 3.05. The van der Waals surface area contributed by atoms with Crippen LogP contribution < -0.4 is 5.43 Å². The molecule has 0 aliphatic carbocycles. The summed E-state index contributed by atoms with van der Waals surface area (Å²) in [4.78, 5) is 13.8. The second kappa shape index (κ2) is 4.75. The molecule has 19 heavy (non-hydrogen) atoms. The molecule has 1 aliphatic rings. The maximum atomic E-state index is 11.1. The number of thioether (sulfide) groups is 1. The van der Waals surface area contributed by atoms with Crippen molar-refractivity contribution in [3.05, 3.63) is 39.6 Å². The van der Waals surface area contributed by atoms with Gasteiger partial charge in [0.1, 0.15) is 10.6 Å². The zero-order valence-corrected chi connectivity index (χ0v) is 11.2. The van der Waals surface area contributed by atoms with Crippen LogP contribution in [0.3, 0.4) is 0 Å². The average molecular weight is 297 g/mol. The van der Waals surface area contributed by atoms with Gasteiger partial charge in [0, 0.05) is 17.3 Å². The minimum Gasteiger partial charge on any atom is -0.347 e. The SMILES string of the molecule is O=[N+]([O-])c1cc(CCl)cc2cc(C3=NNCS3)[nH]c12. The third-order valence-corrected chi connectivity index (χ3v) is 3.97. The van der Waals surface area contributed by atoms with E-state index in [4.69, 9.17) is 11.6 Å². The molecular formula is C11H9ClN4O2S. The Hall–Kier alpha value is -1.73. The first-order valence-corrected chi connectivity index (χ1v) is 7.01. The number of aromatic nitrogens is 1. The number of rotatable bonds is 3. The van der Waals surface area contributed by atoms with Gasteiger partial charge in [0.05, 0.1) is 16.5 Å². The summed E-state index contributed by atoms with van der Waals surface area (Å²) >= 11 is 7.31. The Morgan fingerprint density at radius 3 is 2.95 bits per heavy atom. The molecule has 0 amide bonds. The Balaban J connectivity index is 2.20. The number of fused-ring (bicyclic) bond motifs is 1. The van der Waals surface area contributed by atoms with Crippen LogP contribution in [0.25, 0.3) is 10.9 Å². The predicted molar refractivity (Wildman–Crippen MR) is 76.6 cm³/mol. The first-order valence-electron chi connectivity index (χ1n) is 5.49.